The van der Waals surface area contributed by atoms with Crippen molar-refractivity contribution in [2.24, 2.45) is 5.92 Å². The van der Waals surface area contributed by atoms with E-state index in [9.17, 15) is 22.4 Å². The van der Waals surface area contributed by atoms with E-state index < -0.39 is 34.3 Å². The Morgan fingerprint density at radius 3 is 1.98 bits per heavy atom. The van der Waals surface area contributed by atoms with Gasteiger partial charge in [0.25, 0.3) is 10.0 Å². The average molecular weight is 616 g/mol. The number of amides is 2. The molecule has 0 aliphatic rings. The summed E-state index contributed by atoms with van der Waals surface area (Å²) < 4.78 is 42.7. The van der Waals surface area contributed by atoms with Crippen molar-refractivity contribution in [1.82, 2.24) is 10.2 Å². The van der Waals surface area contributed by atoms with Gasteiger partial charge < -0.3 is 10.2 Å². The molecule has 7 nitrogen and oxygen atoms in total. The summed E-state index contributed by atoms with van der Waals surface area (Å²) in [6, 6.07) is 28.8. The van der Waals surface area contributed by atoms with Crippen LogP contribution in [0.2, 0.25) is 0 Å². The average Bonchev–Trinajstić information content (AvgIpc) is 3.02. The van der Waals surface area contributed by atoms with Crippen molar-refractivity contribution in [3.63, 3.8) is 0 Å². The molecule has 44 heavy (non-hydrogen) atoms. The van der Waals surface area contributed by atoms with E-state index in [4.69, 9.17) is 0 Å². The maximum absolute atomic E-state index is 14.4. The molecule has 1 atom stereocenters. The lowest BCUT2D eigenvalue weighted by Crippen LogP contribution is -2.53. The maximum atomic E-state index is 14.4. The van der Waals surface area contributed by atoms with E-state index in [2.05, 4.69) is 5.32 Å². The van der Waals surface area contributed by atoms with Crippen LogP contribution < -0.4 is 9.62 Å². The monoisotopic (exact) mass is 615 g/mol. The third-order valence-electron chi connectivity index (χ3n) is 7.15. The van der Waals surface area contributed by atoms with Crippen molar-refractivity contribution < 1.29 is 22.4 Å². The molecule has 9 heteroatoms. The Balaban J connectivity index is 1.78. The summed E-state index contributed by atoms with van der Waals surface area (Å²) in [6.07, 6.45) is 0.227. The minimum Gasteiger partial charge on any atom is -0.354 e. The van der Waals surface area contributed by atoms with Gasteiger partial charge in [-0.25, -0.2) is 12.8 Å². The molecule has 0 spiro atoms. The number of benzene rings is 4. The minimum atomic E-state index is -4.24. The van der Waals surface area contributed by atoms with Gasteiger partial charge in [0, 0.05) is 19.5 Å². The Kier molecular flexibility index (Phi) is 10.9. The van der Waals surface area contributed by atoms with E-state index in [1.165, 1.54) is 29.2 Å². The van der Waals surface area contributed by atoms with E-state index >= 15 is 0 Å². The van der Waals surface area contributed by atoms with Crippen molar-refractivity contribution in [3.05, 3.63) is 132 Å². The third-order valence-corrected chi connectivity index (χ3v) is 8.94. The summed E-state index contributed by atoms with van der Waals surface area (Å²) in [5, 5.41) is 2.97. The summed E-state index contributed by atoms with van der Waals surface area (Å²) >= 11 is 0. The number of hydrogen-bond donors (Lipinski definition) is 1. The molecule has 1 N–H and O–H groups in total. The summed E-state index contributed by atoms with van der Waals surface area (Å²) in [7, 11) is -4.24. The lowest BCUT2D eigenvalue weighted by Gasteiger charge is -2.34. The topological polar surface area (TPSA) is 86.8 Å². The van der Waals surface area contributed by atoms with Gasteiger partial charge in [-0.1, -0.05) is 92.2 Å². The van der Waals surface area contributed by atoms with E-state index in [0.29, 0.717) is 6.54 Å². The largest absolute Gasteiger partial charge is 0.354 e. The molecule has 4 aromatic rings. The number of sulfonamides is 1. The molecule has 2 amide bonds. The number of aryl methyl sites for hydroxylation is 1. The first-order valence-electron chi connectivity index (χ1n) is 14.5. The molecule has 4 aromatic carbocycles. The molecule has 0 aliphatic carbocycles. The zero-order chi connectivity index (χ0) is 31.7. The molecule has 0 fully saturated rings. The van der Waals surface area contributed by atoms with Crippen molar-refractivity contribution in [3.8, 4) is 0 Å². The summed E-state index contributed by atoms with van der Waals surface area (Å²) in [5.74, 6) is -1.26. The number of carbonyl (C=O) groups is 2. The van der Waals surface area contributed by atoms with E-state index in [-0.39, 0.29) is 35.4 Å². The van der Waals surface area contributed by atoms with Crippen LogP contribution in [-0.4, -0.2) is 44.3 Å². The Bertz CT molecular complexity index is 1630. The summed E-state index contributed by atoms with van der Waals surface area (Å²) in [4.78, 5) is 29.6. The van der Waals surface area contributed by atoms with Crippen molar-refractivity contribution in [2.75, 3.05) is 17.4 Å². The standard InChI is InChI=1S/C35H38FN3O4S/c1-26(2)23-37-35(41)33(22-28-10-6-4-7-11-28)38(24-29-16-14-27(3)15-17-29)34(40)25-39(31-20-18-30(36)19-21-31)44(42,43)32-12-8-5-9-13-32/h4-21,26,33H,22-25H2,1-3H3,(H,37,41)/t33-/m1/s1. The lowest BCUT2D eigenvalue weighted by molar-refractivity contribution is -0.140. The van der Waals surface area contributed by atoms with Crippen LogP contribution in [0.25, 0.3) is 0 Å². The molecule has 0 bridgehead atoms. The lowest BCUT2D eigenvalue weighted by atomic mass is 10.0. The number of rotatable bonds is 13. The van der Waals surface area contributed by atoms with Crippen LogP contribution in [0.15, 0.2) is 114 Å². The van der Waals surface area contributed by atoms with Crippen LogP contribution in [-0.2, 0) is 32.6 Å². The highest BCUT2D eigenvalue weighted by atomic mass is 32.2. The fourth-order valence-corrected chi connectivity index (χ4v) is 6.16. The second-order valence-electron chi connectivity index (χ2n) is 11.2. The first kappa shape index (κ1) is 32.4. The smallest absolute Gasteiger partial charge is 0.264 e. The Morgan fingerprint density at radius 1 is 0.795 bits per heavy atom. The Hall–Kier alpha value is -4.50. The predicted molar refractivity (Wildman–Crippen MR) is 171 cm³/mol. The minimum absolute atomic E-state index is 0.0160. The highest BCUT2D eigenvalue weighted by Crippen LogP contribution is 2.25. The second-order valence-corrected chi connectivity index (χ2v) is 13.0. The maximum Gasteiger partial charge on any atom is 0.264 e. The highest BCUT2D eigenvalue weighted by molar-refractivity contribution is 7.92. The summed E-state index contributed by atoms with van der Waals surface area (Å²) in [6.45, 7) is 5.82. The number of anilines is 1. The zero-order valence-corrected chi connectivity index (χ0v) is 26.0. The fourth-order valence-electron chi connectivity index (χ4n) is 4.72. The molecule has 0 heterocycles. The first-order chi connectivity index (χ1) is 21.0. The molecule has 0 radical (unpaired) electrons. The molecule has 0 saturated heterocycles. The molecular weight excluding hydrogens is 577 g/mol. The van der Waals surface area contributed by atoms with Crippen molar-refractivity contribution >= 4 is 27.5 Å². The number of halogens is 1. The first-order valence-corrected chi connectivity index (χ1v) is 16.0. The predicted octanol–water partition coefficient (Wildman–Crippen LogP) is 5.74. The van der Waals surface area contributed by atoms with Gasteiger partial charge in [-0.05, 0) is 60.4 Å². The van der Waals surface area contributed by atoms with Crippen LogP contribution in [0.5, 0.6) is 0 Å². The van der Waals surface area contributed by atoms with E-state index in [1.54, 1.807) is 18.2 Å². The van der Waals surface area contributed by atoms with Crippen molar-refractivity contribution in [1.29, 1.82) is 0 Å². The van der Waals surface area contributed by atoms with Crippen LogP contribution >= 0.6 is 0 Å². The van der Waals surface area contributed by atoms with E-state index in [1.807, 2.05) is 75.4 Å². The number of hydrogen-bond acceptors (Lipinski definition) is 4. The van der Waals surface area contributed by atoms with Gasteiger partial charge in [0.2, 0.25) is 11.8 Å². The normalized spacial score (nSPS) is 12.0. The van der Waals surface area contributed by atoms with Crippen LogP contribution in [0.4, 0.5) is 10.1 Å². The number of nitrogens with one attached hydrogen (secondary N) is 1. The number of nitrogens with zero attached hydrogens (tertiary/aromatic N) is 2. The Morgan fingerprint density at radius 2 is 1.39 bits per heavy atom. The molecular formula is C35H38FN3O4S. The van der Waals surface area contributed by atoms with E-state index in [0.717, 1.165) is 33.1 Å². The quantitative estimate of drug-likeness (QED) is 0.208. The van der Waals surface area contributed by atoms with Crippen LogP contribution in [0.3, 0.4) is 0 Å². The molecule has 0 unspecified atom stereocenters. The Labute approximate surface area is 259 Å². The van der Waals surface area contributed by atoms with Gasteiger partial charge in [-0.15, -0.1) is 0 Å². The molecule has 4 rings (SSSR count). The molecule has 0 aromatic heterocycles. The zero-order valence-electron chi connectivity index (χ0n) is 25.2. The molecule has 0 saturated carbocycles. The summed E-state index contributed by atoms with van der Waals surface area (Å²) in [5.41, 5.74) is 2.81. The molecule has 230 valence electrons. The fraction of sp³-hybridized carbons (Fsp3) is 0.257. The van der Waals surface area contributed by atoms with Crippen molar-refractivity contribution in [2.45, 2.75) is 44.7 Å². The SMILES string of the molecule is Cc1ccc(CN(C(=O)CN(c2ccc(F)cc2)S(=O)(=O)c2ccccc2)[C@H](Cc2ccccc2)C(=O)NCC(C)C)cc1. The number of carbonyl (C=O) groups excluding carboxylic acids is 2. The van der Waals surface area contributed by atoms with Crippen LogP contribution in [0.1, 0.15) is 30.5 Å². The van der Waals surface area contributed by atoms with Gasteiger partial charge in [0.05, 0.1) is 10.6 Å². The van der Waals surface area contributed by atoms with Crippen LogP contribution in [0, 0.1) is 18.7 Å². The van der Waals surface area contributed by atoms with Gasteiger partial charge in [0.1, 0.15) is 18.4 Å². The van der Waals surface area contributed by atoms with Gasteiger partial charge in [-0.2, -0.15) is 0 Å². The highest BCUT2D eigenvalue weighted by Gasteiger charge is 2.34. The molecule has 0 aliphatic heterocycles. The third kappa shape index (κ3) is 8.54. The van der Waals surface area contributed by atoms with Gasteiger partial charge >= 0.3 is 0 Å². The second kappa shape index (κ2) is 14.8. The van der Waals surface area contributed by atoms with Gasteiger partial charge in [0.15, 0.2) is 0 Å². The van der Waals surface area contributed by atoms with Gasteiger partial charge in [-0.3, -0.25) is 13.9 Å².